The van der Waals surface area contributed by atoms with E-state index in [1.807, 2.05) is 6.08 Å². The van der Waals surface area contributed by atoms with Crippen LogP contribution in [-0.4, -0.2) is 140 Å². The normalized spacial score (nSPS) is 23.4. The molecule has 2 aliphatic rings. The maximum absolute atomic E-state index is 13.3. The summed E-state index contributed by atoms with van der Waals surface area (Å²) in [6.07, 6.45) is 58.5. The highest BCUT2D eigenvalue weighted by molar-refractivity contribution is 5.76. The summed E-state index contributed by atoms with van der Waals surface area (Å²) in [6, 6.07) is -0.935. The van der Waals surface area contributed by atoms with Crippen molar-refractivity contribution in [3.8, 4) is 0 Å². The van der Waals surface area contributed by atoms with Crippen molar-refractivity contribution >= 4 is 5.91 Å². The molecular weight excluding hydrogens is 1100 g/mol. The standard InChI is InChI=1S/C73H137NO13/c1-3-5-7-9-11-13-15-17-18-19-20-21-22-23-24-25-26-27-28-29-30-31-32-33-34-35-36-37-38-39-40-41-42-43-44-45-47-49-51-53-55-57-65(78)74-61(62(77)56-54-52-50-48-46-16-14-12-10-8-6-4-2)60-84-72-70(83)68(81)71(64(59-76)86-72)87-73-69(82)67(80)66(79)63(58-75)85-73/h10,12,46,48,54,56,61-64,66-73,75-77,79-83H,3-9,11,13-45,47,49-53,55,57-60H2,1-2H3,(H,74,78)/b12-10+,48-46+,56-54+. The fourth-order valence-corrected chi connectivity index (χ4v) is 12.2. The third kappa shape index (κ3) is 42.1. The van der Waals surface area contributed by atoms with Crippen LogP contribution in [0, 0.1) is 0 Å². The van der Waals surface area contributed by atoms with Gasteiger partial charge in [0, 0.05) is 6.42 Å². The Morgan fingerprint density at radius 3 is 1.11 bits per heavy atom. The molecule has 0 aromatic carbocycles. The summed E-state index contributed by atoms with van der Waals surface area (Å²) >= 11 is 0. The van der Waals surface area contributed by atoms with Crippen molar-refractivity contribution in [2.75, 3.05) is 19.8 Å². The van der Waals surface area contributed by atoms with Gasteiger partial charge < -0.3 is 65.1 Å². The summed E-state index contributed by atoms with van der Waals surface area (Å²) in [4.78, 5) is 13.3. The molecule has 0 aromatic heterocycles. The third-order valence-electron chi connectivity index (χ3n) is 18.1. The van der Waals surface area contributed by atoms with Crippen LogP contribution in [0.3, 0.4) is 0 Å². The highest BCUT2D eigenvalue weighted by atomic mass is 16.7. The lowest BCUT2D eigenvalue weighted by molar-refractivity contribution is -0.359. The number of amides is 1. The molecule has 9 N–H and O–H groups in total. The summed E-state index contributed by atoms with van der Waals surface area (Å²) in [5.41, 5.74) is 0. The summed E-state index contributed by atoms with van der Waals surface area (Å²) in [6.45, 7) is 2.75. The highest BCUT2D eigenvalue weighted by Crippen LogP contribution is 2.30. The lowest BCUT2D eigenvalue weighted by atomic mass is 9.97. The second-order valence-corrected chi connectivity index (χ2v) is 26.1. The van der Waals surface area contributed by atoms with Crippen molar-refractivity contribution in [2.45, 2.75) is 402 Å². The number of allylic oxidation sites excluding steroid dienone is 5. The average molecular weight is 1240 g/mol. The largest absolute Gasteiger partial charge is 0.394 e. The van der Waals surface area contributed by atoms with Crippen LogP contribution >= 0.6 is 0 Å². The van der Waals surface area contributed by atoms with Crippen LogP contribution in [0.4, 0.5) is 0 Å². The Balaban J connectivity index is 1.51. The number of ether oxygens (including phenoxy) is 4. The molecule has 12 unspecified atom stereocenters. The molecule has 0 aliphatic carbocycles. The molecule has 2 saturated heterocycles. The quantitative estimate of drug-likeness (QED) is 0.0204. The minimum atomic E-state index is -1.79. The average Bonchev–Trinajstić information content (AvgIpc) is 2.27. The molecule has 87 heavy (non-hydrogen) atoms. The molecule has 1 amide bonds. The molecule has 2 heterocycles. The van der Waals surface area contributed by atoms with Crippen LogP contribution in [0.2, 0.25) is 0 Å². The van der Waals surface area contributed by atoms with Crippen LogP contribution in [0.25, 0.3) is 0 Å². The zero-order chi connectivity index (χ0) is 63.1. The second-order valence-electron chi connectivity index (χ2n) is 26.1. The highest BCUT2D eigenvalue weighted by Gasteiger charge is 2.51. The molecule has 0 aromatic rings. The predicted octanol–water partition coefficient (Wildman–Crippen LogP) is 15.3. The van der Waals surface area contributed by atoms with Gasteiger partial charge in [-0.1, -0.05) is 320 Å². The van der Waals surface area contributed by atoms with Crippen molar-refractivity contribution in [1.29, 1.82) is 0 Å². The fraction of sp³-hybridized carbons (Fsp3) is 0.904. The van der Waals surface area contributed by atoms with Gasteiger partial charge in [0.05, 0.1) is 32.0 Å². The molecule has 0 radical (unpaired) electrons. The monoisotopic (exact) mass is 1240 g/mol. The van der Waals surface area contributed by atoms with Gasteiger partial charge in [-0.25, -0.2) is 0 Å². The number of hydrogen-bond donors (Lipinski definition) is 9. The maximum Gasteiger partial charge on any atom is 0.220 e. The Bertz CT molecular complexity index is 1600. The lowest BCUT2D eigenvalue weighted by Gasteiger charge is -2.46. The number of unbranched alkanes of at least 4 members (excludes halogenated alkanes) is 44. The maximum atomic E-state index is 13.3. The van der Waals surface area contributed by atoms with Crippen molar-refractivity contribution in [3.05, 3.63) is 36.5 Å². The van der Waals surface area contributed by atoms with E-state index in [4.69, 9.17) is 18.9 Å². The van der Waals surface area contributed by atoms with Crippen LogP contribution in [0.5, 0.6) is 0 Å². The van der Waals surface area contributed by atoms with Gasteiger partial charge in [-0.3, -0.25) is 4.79 Å². The predicted molar refractivity (Wildman–Crippen MR) is 355 cm³/mol. The molecule has 12 atom stereocenters. The van der Waals surface area contributed by atoms with E-state index < -0.39 is 86.8 Å². The van der Waals surface area contributed by atoms with E-state index in [-0.39, 0.29) is 18.9 Å². The fourth-order valence-electron chi connectivity index (χ4n) is 12.2. The first-order valence-electron chi connectivity index (χ1n) is 36.7. The first-order valence-corrected chi connectivity index (χ1v) is 36.7. The first-order chi connectivity index (χ1) is 42.6. The second kappa shape index (κ2) is 58.1. The van der Waals surface area contributed by atoms with Gasteiger partial charge in [-0.05, 0) is 38.5 Å². The number of rotatable bonds is 61. The minimum absolute atomic E-state index is 0.249. The summed E-state index contributed by atoms with van der Waals surface area (Å²) in [7, 11) is 0. The molecule has 2 fully saturated rings. The Hall–Kier alpha value is -1.79. The molecule has 2 aliphatic heterocycles. The zero-order valence-corrected chi connectivity index (χ0v) is 55.8. The summed E-state index contributed by atoms with van der Waals surface area (Å²) in [5.74, 6) is -0.249. The van der Waals surface area contributed by atoms with Crippen molar-refractivity contribution in [3.63, 3.8) is 0 Å². The Kier molecular flexibility index (Phi) is 54.3. The molecule has 512 valence electrons. The molecule has 0 spiro atoms. The number of hydrogen-bond acceptors (Lipinski definition) is 13. The van der Waals surface area contributed by atoms with Crippen LogP contribution in [-0.2, 0) is 23.7 Å². The van der Waals surface area contributed by atoms with Gasteiger partial charge in [0.25, 0.3) is 0 Å². The van der Waals surface area contributed by atoms with Gasteiger partial charge in [0.1, 0.15) is 48.8 Å². The molecule has 0 bridgehead atoms. The molecule has 0 saturated carbocycles. The zero-order valence-electron chi connectivity index (χ0n) is 55.8. The Labute approximate surface area is 531 Å². The summed E-state index contributed by atoms with van der Waals surface area (Å²) < 4.78 is 22.8. The first kappa shape index (κ1) is 81.3. The summed E-state index contributed by atoms with van der Waals surface area (Å²) in [5, 5.41) is 87.1. The molecule has 14 heteroatoms. The third-order valence-corrected chi connectivity index (χ3v) is 18.1. The SMILES string of the molecule is CCCC/C=C/CC/C=C/CC/C=C/C(O)C(COC1OC(CO)C(OC2OC(CO)C(O)C(O)C2O)C(O)C1O)NC(=O)CCCCCCCCCCCCCCCCCCCCCCCCCCCCCCCCCCCCCCCCCCC. The van der Waals surface area contributed by atoms with E-state index in [1.165, 1.54) is 250 Å². The van der Waals surface area contributed by atoms with E-state index in [0.717, 1.165) is 44.9 Å². The number of aliphatic hydroxyl groups is 8. The van der Waals surface area contributed by atoms with Crippen molar-refractivity contribution in [1.82, 2.24) is 5.32 Å². The van der Waals surface area contributed by atoms with Crippen molar-refractivity contribution < 1.29 is 64.6 Å². The van der Waals surface area contributed by atoms with Gasteiger partial charge in [-0.15, -0.1) is 0 Å². The van der Waals surface area contributed by atoms with Gasteiger partial charge in [0.15, 0.2) is 12.6 Å². The molecular formula is C73H137NO13. The van der Waals surface area contributed by atoms with Crippen LogP contribution < -0.4 is 5.32 Å². The number of nitrogens with one attached hydrogen (secondary N) is 1. The number of carbonyl (C=O) groups excluding carboxylic acids is 1. The molecule has 2 rings (SSSR count). The Morgan fingerprint density at radius 2 is 0.736 bits per heavy atom. The van der Waals surface area contributed by atoms with E-state index in [9.17, 15) is 45.6 Å². The lowest BCUT2D eigenvalue weighted by Crippen LogP contribution is -2.65. The van der Waals surface area contributed by atoms with E-state index in [1.54, 1.807) is 6.08 Å². The van der Waals surface area contributed by atoms with Crippen LogP contribution in [0.1, 0.15) is 328 Å². The van der Waals surface area contributed by atoms with E-state index in [2.05, 4.69) is 43.5 Å². The number of carbonyl (C=O) groups is 1. The van der Waals surface area contributed by atoms with E-state index in [0.29, 0.717) is 12.8 Å². The van der Waals surface area contributed by atoms with Crippen LogP contribution in [0.15, 0.2) is 36.5 Å². The molecule has 14 nitrogen and oxygen atoms in total. The topological polar surface area (TPSA) is 228 Å². The smallest absolute Gasteiger partial charge is 0.220 e. The Morgan fingerprint density at radius 1 is 0.402 bits per heavy atom. The van der Waals surface area contributed by atoms with E-state index >= 15 is 0 Å². The number of aliphatic hydroxyl groups excluding tert-OH is 8. The van der Waals surface area contributed by atoms with Gasteiger partial charge in [-0.2, -0.15) is 0 Å². The minimum Gasteiger partial charge on any atom is -0.394 e. The van der Waals surface area contributed by atoms with Gasteiger partial charge >= 0.3 is 0 Å². The van der Waals surface area contributed by atoms with Crippen molar-refractivity contribution in [2.24, 2.45) is 0 Å². The van der Waals surface area contributed by atoms with Gasteiger partial charge in [0.2, 0.25) is 5.91 Å².